The molecular weight excluding hydrogens is 228 g/mol. The second kappa shape index (κ2) is 5.28. The Labute approximate surface area is 100 Å². The van der Waals surface area contributed by atoms with Gasteiger partial charge in [-0.15, -0.1) is 22.9 Å². The van der Waals surface area contributed by atoms with Crippen LogP contribution in [0.3, 0.4) is 0 Å². The van der Waals surface area contributed by atoms with Gasteiger partial charge in [0, 0.05) is 23.5 Å². The summed E-state index contributed by atoms with van der Waals surface area (Å²) in [5.74, 6) is 1.48. The van der Waals surface area contributed by atoms with Gasteiger partial charge in [0.1, 0.15) is 5.01 Å². The van der Waals surface area contributed by atoms with Crippen molar-refractivity contribution in [3.05, 3.63) is 16.1 Å². The van der Waals surface area contributed by atoms with Gasteiger partial charge in [0.05, 0.1) is 6.54 Å². The molecule has 2 rings (SSSR count). The van der Waals surface area contributed by atoms with E-state index in [1.54, 1.807) is 11.3 Å². The number of hydrogen-bond donors (Lipinski definition) is 0. The molecule has 2 heterocycles. The Hall–Kier alpha value is -0.120. The molecule has 1 aliphatic heterocycles. The van der Waals surface area contributed by atoms with E-state index in [0.717, 1.165) is 24.7 Å². The first-order valence-electron chi connectivity index (χ1n) is 5.47. The summed E-state index contributed by atoms with van der Waals surface area (Å²) in [5.41, 5.74) is 1.14. The van der Waals surface area contributed by atoms with Gasteiger partial charge in [-0.05, 0) is 32.2 Å². The number of alkyl halides is 1. The normalized spacial score (nSPS) is 23.2. The lowest BCUT2D eigenvalue weighted by molar-refractivity contribution is 0.178. The van der Waals surface area contributed by atoms with Crippen LogP contribution in [0.15, 0.2) is 5.38 Å². The minimum Gasteiger partial charge on any atom is -0.296 e. The van der Waals surface area contributed by atoms with Crippen molar-refractivity contribution in [3.63, 3.8) is 0 Å². The maximum absolute atomic E-state index is 5.91. The monoisotopic (exact) mass is 244 g/mol. The van der Waals surface area contributed by atoms with Crippen molar-refractivity contribution in [1.82, 2.24) is 9.88 Å². The van der Waals surface area contributed by atoms with Crippen LogP contribution in [0.2, 0.25) is 0 Å². The molecule has 1 atom stereocenters. The van der Waals surface area contributed by atoms with Crippen LogP contribution in [-0.4, -0.2) is 28.9 Å². The summed E-state index contributed by atoms with van der Waals surface area (Å²) in [6.45, 7) is 5.40. The summed E-state index contributed by atoms with van der Waals surface area (Å²) in [6.07, 6.45) is 2.57. The summed E-state index contributed by atoms with van der Waals surface area (Å²) in [4.78, 5) is 6.98. The number of likely N-dealkylation sites (tertiary alicyclic amines) is 1. The Morgan fingerprint density at radius 1 is 1.67 bits per heavy atom. The molecule has 0 N–H and O–H groups in total. The molecule has 0 spiro atoms. The van der Waals surface area contributed by atoms with E-state index in [9.17, 15) is 0 Å². The fraction of sp³-hybridized carbons (Fsp3) is 0.727. The smallest absolute Gasteiger partial charge is 0.107 e. The van der Waals surface area contributed by atoms with E-state index >= 15 is 0 Å². The Bertz CT molecular complexity index is 313. The average molecular weight is 245 g/mol. The third kappa shape index (κ3) is 3.16. The number of rotatable bonds is 3. The number of aromatic nitrogens is 1. The van der Waals surface area contributed by atoms with Crippen molar-refractivity contribution < 1.29 is 0 Å². The van der Waals surface area contributed by atoms with Gasteiger partial charge in [0.15, 0.2) is 0 Å². The van der Waals surface area contributed by atoms with Crippen LogP contribution in [0, 0.1) is 12.8 Å². The van der Waals surface area contributed by atoms with Crippen LogP contribution < -0.4 is 0 Å². The SMILES string of the molecule is Cc1csc(CN2CCCC(CCl)C2)n1. The van der Waals surface area contributed by atoms with Crippen molar-refractivity contribution in [2.75, 3.05) is 19.0 Å². The van der Waals surface area contributed by atoms with E-state index in [2.05, 4.69) is 22.2 Å². The van der Waals surface area contributed by atoms with Crippen molar-refractivity contribution in [1.29, 1.82) is 0 Å². The van der Waals surface area contributed by atoms with E-state index in [-0.39, 0.29) is 0 Å². The number of halogens is 1. The molecule has 1 aromatic heterocycles. The quantitative estimate of drug-likeness (QED) is 0.761. The predicted molar refractivity (Wildman–Crippen MR) is 65.6 cm³/mol. The summed E-state index contributed by atoms with van der Waals surface area (Å²) >= 11 is 7.68. The number of thiazole rings is 1. The number of aryl methyl sites for hydroxylation is 1. The first kappa shape index (κ1) is 11.4. The molecule has 15 heavy (non-hydrogen) atoms. The Morgan fingerprint density at radius 3 is 3.20 bits per heavy atom. The highest BCUT2D eigenvalue weighted by Crippen LogP contribution is 2.20. The number of piperidine rings is 1. The third-order valence-corrected chi connectivity index (χ3v) is 4.23. The Morgan fingerprint density at radius 2 is 2.53 bits per heavy atom. The maximum Gasteiger partial charge on any atom is 0.107 e. The van der Waals surface area contributed by atoms with Crippen LogP contribution >= 0.6 is 22.9 Å². The number of hydrogen-bond acceptors (Lipinski definition) is 3. The molecule has 0 saturated carbocycles. The van der Waals surface area contributed by atoms with Gasteiger partial charge in [-0.25, -0.2) is 4.98 Å². The molecule has 0 aliphatic carbocycles. The van der Waals surface area contributed by atoms with Crippen LogP contribution in [0.5, 0.6) is 0 Å². The van der Waals surface area contributed by atoms with E-state index in [4.69, 9.17) is 11.6 Å². The molecule has 0 radical (unpaired) electrons. The minimum absolute atomic E-state index is 0.682. The fourth-order valence-electron chi connectivity index (χ4n) is 2.09. The summed E-state index contributed by atoms with van der Waals surface area (Å²) < 4.78 is 0. The molecule has 1 saturated heterocycles. The molecule has 0 amide bonds. The maximum atomic E-state index is 5.91. The molecule has 1 fully saturated rings. The van der Waals surface area contributed by atoms with E-state index in [1.165, 1.54) is 24.4 Å². The second-order valence-corrected chi connectivity index (χ2v) is 5.53. The minimum atomic E-state index is 0.682. The van der Waals surface area contributed by atoms with Crippen molar-refractivity contribution in [2.24, 2.45) is 5.92 Å². The highest BCUT2D eigenvalue weighted by Gasteiger charge is 2.19. The predicted octanol–water partition coefficient (Wildman–Crippen LogP) is 2.90. The van der Waals surface area contributed by atoms with Gasteiger partial charge in [0.25, 0.3) is 0 Å². The summed E-state index contributed by atoms with van der Waals surface area (Å²) in [7, 11) is 0. The molecule has 1 unspecified atom stereocenters. The first-order valence-corrected chi connectivity index (χ1v) is 6.88. The average Bonchev–Trinajstić information content (AvgIpc) is 2.64. The van der Waals surface area contributed by atoms with Crippen molar-refractivity contribution in [2.45, 2.75) is 26.3 Å². The lowest BCUT2D eigenvalue weighted by Gasteiger charge is -2.30. The highest BCUT2D eigenvalue weighted by atomic mass is 35.5. The van der Waals surface area contributed by atoms with Crippen molar-refractivity contribution >= 4 is 22.9 Å². The van der Waals surface area contributed by atoms with E-state index in [0.29, 0.717) is 5.92 Å². The molecule has 4 heteroatoms. The van der Waals surface area contributed by atoms with Crippen molar-refractivity contribution in [3.8, 4) is 0 Å². The van der Waals surface area contributed by atoms with Crippen LogP contribution in [-0.2, 0) is 6.54 Å². The summed E-state index contributed by atoms with van der Waals surface area (Å²) in [6, 6.07) is 0. The Kier molecular flexibility index (Phi) is 4.00. The van der Waals surface area contributed by atoms with Gasteiger partial charge in [-0.1, -0.05) is 0 Å². The number of nitrogens with zero attached hydrogens (tertiary/aromatic N) is 2. The lowest BCUT2D eigenvalue weighted by atomic mass is 10.0. The largest absolute Gasteiger partial charge is 0.296 e. The highest BCUT2D eigenvalue weighted by molar-refractivity contribution is 7.09. The zero-order chi connectivity index (χ0) is 10.7. The van der Waals surface area contributed by atoms with Gasteiger partial charge in [-0.3, -0.25) is 4.90 Å². The molecule has 2 nitrogen and oxygen atoms in total. The van der Waals surface area contributed by atoms with E-state index in [1.807, 2.05) is 0 Å². The zero-order valence-corrected chi connectivity index (χ0v) is 10.7. The van der Waals surface area contributed by atoms with Gasteiger partial charge < -0.3 is 0 Å². The van der Waals surface area contributed by atoms with Gasteiger partial charge >= 0.3 is 0 Å². The van der Waals surface area contributed by atoms with Gasteiger partial charge in [-0.2, -0.15) is 0 Å². The molecular formula is C11H17ClN2S. The second-order valence-electron chi connectivity index (χ2n) is 4.28. The van der Waals surface area contributed by atoms with Crippen LogP contribution in [0.1, 0.15) is 23.5 Å². The molecule has 0 aromatic carbocycles. The topological polar surface area (TPSA) is 16.1 Å². The molecule has 0 bridgehead atoms. The van der Waals surface area contributed by atoms with Crippen LogP contribution in [0.4, 0.5) is 0 Å². The standard InChI is InChI=1S/C11H17ClN2S/c1-9-8-15-11(13-9)7-14-4-2-3-10(5-12)6-14/h8,10H,2-7H2,1H3. The first-order chi connectivity index (χ1) is 7.28. The third-order valence-electron chi connectivity index (χ3n) is 2.85. The Balaban J connectivity index is 1.88. The lowest BCUT2D eigenvalue weighted by Crippen LogP contribution is -2.35. The fourth-order valence-corrected chi connectivity index (χ4v) is 3.15. The summed E-state index contributed by atoms with van der Waals surface area (Å²) in [5, 5.41) is 3.36. The zero-order valence-electron chi connectivity index (χ0n) is 9.08. The molecule has 1 aromatic rings. The van der Waals surface area contributed by atoms with E-state index < -0.39 is 0 Å². The molecule has 1 aliphatic rings. The molecule has 84 valence electrons. The van der Waals surface area contributed by atoms with Gasteiger partial charge in [0.2, 0.25) is 0 Å². The van der Waals surface area contributed by atoms with Crippen LogP contribution in [0.25, 0.3) is 0 Å².